The van der Waals surface area contributed by atoms with Crippen LogP contribution in [0.1, 0.15) is 110 Å². The second-order valence-electron chi connectivity index (χ2n) is 6.99. The molecule has 1 nitrogen and oxygen atoms in total. The average molecular weight is 345 g/mol. The molecule has 0 aliphatic rings. The molecule has 2 heteroatoms. The van der Waals surface area contributed by atoms with E-state index in [1.165, 1.54) is 89.9 Å². The molecule has 0 aromatic carbocycles. The molecule has 0 saturated carbocycles. The summed E-state index contributed by atoms with van der Waals surface area (Å²) in [7, 11) is 0. The summed E-state index contributed by atoms with van der Waals surface area (Å²) in [5, 5.41) is 0. The summed E-state index contributed by atoms with van der Waals surface area (Å²) in [4.78, 5) is 0. The number of hydrogen-bond donors (Lipinski definition) is 0. The van der Waals surface area contributed by atoms with Crippen molar-refractivity contribution in [3.63, 3.8) is 0 Å². The van der Waals surface area contributed by atoms with E-state index in [9.17, 15) is 0 Å². The molecule has 0 bridgehead atoms. The lowest BCUT2D eigenvalue weighted by atomic mass is 10.0. The van der Waals surface area contributed by atoms with Gasteiger partial charge >= 0.3 is 0 Å². The van der Waals surface area contributed by atoms with E-state index >= 15 is 0 Å². The van der Waals surface area contributed by atoms with Gasteiger partial charge in [0.15, 0.2) is 0 Å². The molecule has 0 aliphatic heterocycles. The Bertz CT molecular complexity index is 252. The molecule has 0 rings (SSSR count). The maximum Gasteiger partial charge on any atom is 0.104 e. The topological polar surface area (TPSA) is 9.23 Å². The lowest BCUT2D eigenvalue weighted by Crippen LogP contribution is -2.07. The molecule has 0 aromatic heterocycles. The summed E-state index contributed by atoms with van der Waals surface area (Å²) in [6, 6.07) is 0. The van der Waals surface area contributed by atoms with Gasteiger partial charge in [-0.2, -0.15) is 0 Å². The Morgan fingerprint density at radius 3 is 1.57 bits per heavy atom. The highest BCUT2D eigenvalue weighted by Gasteiger charge is 2.03. The number of rotatable bonds is 18. The highest BCUT2D eigenvalue weighted by atomic mass is 35.5. The zero-order chi connectivity index (χ0) is 17.2. The normalized spacial score (nSPS) is 12.3. The highest BCUT2D eigenvalue weighted by molar-refractivity contribution is 6.19. The van der Waals surface area contributed by atoms with Crippen LogP contribution in [0.4, 0.5) is 0 Å². The zero-order valence-corrected chi connectivity index (χ0v) is 16.6. The van der Waals surface area contributed by atoms with Gasteiger partial charge in [0.2, 0.25) is 0 Å². The van der Waals surface area contributed by atoms with Gasteiger partial charge in [-0.1, -0.05) is 97.0 Å². The number of ether oxygens (including phenoxy) is 1. The molecule has 0 aliphatic carbocycles. The second-order valence-corrected chi connectivity index (χ2v) is 7.25. The van der Waals surface area contributed by atoms with Crippen molar-refractivity contribution >= 4 is 11.6 Å². The van der Waals surface area contributed by atoms with Crippen LogP contribution in [0.5, 0.6) is 0 Å². The van der Waals surface area contributed by atoms with Crippen LogP contribution < -0.4 is 0 Å². The monoisotopic (exact) mass is 344 g/mol. The molecular weight excluding hydrogens is 304 g/mol. The molecule has 0 radical (unpaired) electrons. The molecule has 23 heavy (non-hydrogen) atoms. The van der Waals surface area contributed by atoms with E-state index in [4.69, 9.17) is 16.3 Å². The van der Waals surface area contributed by atoms with E-state index in [-0.39, 0.29) is 6.10 Å². The average Bonchev–Trinajstić information content (AvgIpc) is 2.55. The van der Waals surface area contributed by atoms with Crippen molar-refractivity contribution in [2.75, 3.05) is 5.88 Å². The Morgan fingerprint density at radius 1 is 0.783 bits per heavy atom. The summed E-state index contributed by atoms with van der Waals surface area (Å²) >= 11 is 5.66. The third-order valence-corrected chi connectivity index (χ3v) is 4.78. The first-order chi connectivity index (χ1) is 11.2. The Morgan fingerprint density at radius 2 is 1.17 bits per heavy atom. The number of halogens is 1. The maximum atomic E-state index is 5.66. The SMILES string of the molecule is C=C(CCl)OC(C)CCCCCCCCCCCCCCCC. The minimum absolute atomic E-state index is 0.263. The molecular formula is C21H41ClO. The van der Waals surface area contributed by atoms with Crippen LogP contribution >= 0.6 is 11.6 Å². The van der Waals surface area contributed by atoms with Crippen molar-refractivity contribution in [2.45, 2.75) is 116 Å². The van der Waals surface area contributed by atoms with E-state index in [1.807, 2.05) is 0 Å². The molecule has 0 aromatic rings. The smallest absolute Gasteiger partial charge is 0.104 e. The van der Waals surface area contributed by atoms with Gasteiger partial charge < -0.3 is 4.74 Å². The Balaban J connectivity index is 3.12. The minimum atomic E-state index is 0.263. The first-order valence-corrected chi connectivity index (χ1v) is 10.6. The van der Waals surface area contributed by atoms with Gasteiger partial charge in [-0.25, -0.2) is 0 Å². The van der Waals surface area contributed by atoms with Crippen LogP contribution in [0.15, 0.2) is 12.3 Å². The predicted molar refractivity (Wildman–Crippen MR) is 105 cm³/mol. The van der Waals surface area contributed by atoms with Gasteiger partial charge in [-0.15, -0.1) is 11.6 Å². The van der Waals surface area contributed by atoms with E-state index in [0.29, 0.717) is 11.6 Å². The van der Waals surface area contributed by atoms with Gasteiger partial charge in [0.05, 0.1) is 12.0 Å². The van der Waals surface area contributed by atoms with Gasteiger partial charge in [0.1, 0.15) is 5.76 Å². The van der Waals surface area contributed by atoms with Crippen molar-refractivity contribution < 1.29 is 4.74 Å². The van der Waals surface area contributed by atoms with Crippen molar-refractivity contribution in [2.24, 2.45) is 0 Å². The minimum Gasteiger partial charge on any atom is -0.494 e. The van der Waals surface area contributed by atoms with Gasteiger partial charge in [0, 0.05) is 0 Å². The van der Waals surface area contributed by atoms with Crippen molar-refractivity contribution in [3.05, 3.63) is 12.3 Å². The summed E-state index contributed by atoms with van der Waals surface area (Å²) in [5.41, 5.74) is 0. The van der Waals surface area contributed by atoms with Gasteiger partial charge in [0.25, 0.3) is 0 Å². The Kier molecular flexibility index (Phi) is 18.0. The van der Waals surface area contributed by atoms with Crippen LogP contribution in [0.25, 0.3) is 0 Å². The van der Waals surface area contributed by atoms with Crippen LogP contribution in [-0.4, -0.2) is 12.0 Å². The molecule has 1 atom stereocenters. The van der Waals surface area contributed by atoms with Crippen LogP contribution in [0, 0.1) is 0 Å². The van der Waals surface area contributed by atoms with Crippen LogP contribution in [0.3, 0.4) is 0 Å². The fourth-order valence-corrected chi connectivity index (χ4v) is 3.06. The summed E-state index contributed by atoms with van der Waals surface area (Å²) in [5.74, 6) is 1.10. The first-order valence-electron chi connectivity index (χ1n) is 10.1. The third-order valence-electron chi connectivity index (χ3n) is 4.48. The van der Waals surface area contributed by atoms with Gasteiger partial charge in [-0.05, 0) is 19.8 Å². The molecule has 0 N–H and O–H groups in total. The van der Waals surface area contributed by atoms with Crippen LogP contribution in [-0.2, 0) is 4.74 Å². The number of alkyl halides is 1. The third kappa shape index (κ3) is 18.0. The second kappa shape index (κ2) is 18.2. The number of hydrogen-bond acceptors (Lipinski definition) is 1. The maximum absolute atomic E-state index is 5.66. The Hall–Kier alpha value is -0.170. The molecule has 0 saturated heterocycles. The quantitative estimate of drug-likeness (QED) is 0.139. The van der Waals surface area contributed by atoms with E-state index in [0.717, 1.165) is 6.42 Å². The first kappa shape index (κ1) is 22.8. The van der Waals surface area contributed by atoms with Gasteiger partial charge in [-0.3, -0.25) is 0 Å². The molecule has 1 unspecified atom stereocenters. The molecule has 0 heterocycles. The summed E-state index contributed by atoms with van der Waals surface area (Å²) in [6.45, 7) is 8.17. The predicted octanol–water partition coefficient (Wildman–Crippen LogP) is 8.02. The fraction of sp³-hybridized carbons (Fsp3) is 0.905. The Labute approximate surface area is 151 Å². The lowest BCUT2D eigenvalue weighted by molar-refractivity contribution is 0.124. The van der Waals surface area contributed by atoms with Crippen molar-refractivity contribution in [1.82, 2.24) is 0 Å². The van der Waals surface area contributed by atoms with E-state index in [1.54, 1.807) is 0 Å². The number of unbranched alkanes of at least 4 members (excludes halogenated alkanes) is 13. The van der Waals surface area contributed by atoms with Crippen molar-refractivity contribution in [1.29, 1.82) is 0 Å². The van der Waals surface area contributed by atoms with E-state index in [2.05, 4.69) is 20.4 Å². The van der Waals surface area contributed by atoms with Crippen LogP contribution in [0.2, 0.25) is 0 Å². The molecule has 138 valence electrons. The number of allylic oxidation sites excluding steroid dienone is 1. The summed E-state index contributed by atoms with van der Waals surface area (Å²) in [6.07, 6.45) is 21.1. The molecule has 0 fully saturated rings. The van der Waals surface area contributed by atoms with Crippen molar-refractivity contribution in [3.8, 4) is 0 Å². The summed E-state index contributed by atoms with van der Waals surface area (Å²) < 4.78 is 5.59. The molecule has 0 amide bonds. The highest BCUT2D eigenvalue weighted by Crippen LogP contribution is 2.15. The zero-order valence-electron chi connectivity index (χ0n) is 15.9. The lowest BCUT2D eigenvalue weighted by Gasteiger charge is -2.14. The molecule has 0 spiro atoms. The largest absolute Gasteiger partial charge is 0.494 e. The fourth-order valence-electron chi connectivity index (χ4n) is 3.00. The van der Waals surface area contributed by atoms with E-state index < -0.39 is 0 Å². The standard InChI is InChI=1S/C21H41ClO/c1-4-5-6-7-8-9-10-11-12-13-14-15-16-17-18-20(2)23-21(3)19-22/h20H,3-19H2,1-2H3.